The van der Waals surface area contributed by atoms with Crippen molar-refractivity contribution in [2.45, 2.75) is 6.18 Å². The van der Waals surface area contributed by atoms with E-state index in [2.05, 4.69) is 10.1 Å². The lowest BCUT2D eigenvalue weighted by Crippen LogP contribution is -2.07. The van der Waals surface area contributed by atoms with Crippen molar-refractivity contribution in [1.82, 2.24) is 14.8 Å². The van der Waals surface area contributed by atoms with Gasteiger partial charge in [0.2, 0.25) is 5.13 Å². The van der Waals surface area contributed by atoms with Gasteiger partial charge in [-0.25, -0.2) is 9.67 Å². The lowest BCUT2D eigenvalue weighted by Gasteiger charge is -2.03. The average Bonchev–Trinajstić information content (AvgIpc) is 3.08. The number of hydrogen-bond acceptors (Lipinski definition) is 3. The molecule has 0 spiro atoms. The van der Waals surface area contributed by atoms with Crippen LogP contribution in [-0.2, 0) is 6.18 Å². The van der Waals surface area contributed by atoms with Crippen LogP contribution in [-0.4, -0.2) is 14.8 Å². The highest BCUT2D eigenvalue weighted by molar-refractivity contribution is 7.12. The van der Waals surface area contributed by atoms with Crippen LogP contribution in [0.3, 0.4) is 0 Å². The fourth-order valence-electron chi connectivity index (χ4n) is 1.80. The second-order valence-corrected chi connectivity index (χ2v) is 4.88. The summed E-state index contributed by atoms with van der Waals surface area (Å²) in [4.78, 5) is 4.02. The minimum absolute atomic E-state index is 0.368. The first-order chi connectivity index (χ1) is 9.55. The number of nitrogens with zero attached hydrogens (tertiary/aromatic N) is 3. The summed E-state index contributed by atoms with van der Waals surface area (Å²) in [6, 6.07) is 9.85. The fraction of sp³-hybridized carbons (Fsp3) is 0.0769. The number of alkyl halides is 3. The molecule has 0 saturated carbocycles. The Labute approximate surface area is 116 Å². The first-order valence-corrected chi connectivity index (χ1v) is 6.56. The molecule has 7 heteroatoms. The quantitative estimate of drug-likeness (QED) is 0.715. The lowest BCUT2D eigenvalue weighted by atomic mass is 10.1. The first-order valence-electron chi connectivity index (χ1n) is 5.68. The van der Waals surface area contributed by atoms with Crippen molar-refractivity contribution in [3.63, 3.8) is 0 Å². The number of halogens is 3. The molecule has 2 heterocycles. The molecule has 0 aliphatic carbocycles. The summed E-state index contributed by atoms with van der Waals surface area (Å²) < 4.78 is 39.8. The molecular formula is C13H8F3N3S. The Hall–Kier alpha value is -2.15. The van der Waals surface area contributed by atoms with Gasteiger partial charge in [0.15, 0.2) is 5.69 Å². The van der Waals surface area contributed by atoms with Gasteiger partial charge >= 0.3 is 6.18 Å². The Morgan fingerprint density at radius 1 is 1.10 bits per heavy atom. The predicted octanol–water partition coefficient (Wildman–Crippen LogP) is 4.01. The van der Waals surface area contributed by atoms with E-state index in [4.69, 9.17) is 0 Å². The van der Waals surface area contributed by atoms with Gasteiger partial charge in [0.25, 0.3) is 0 Å². The third-order valence-electron chi connectivity index (χ3n) is 2.67. The highest BCUT2D eigenvalue weighted by atomic mass is 32.1. The van der Waals surface area contributed by atoms with E-state index in [1.807, 2.05) is 0 Å². The summed E-state index contributed by atoms with van der Waals surface area (Å²) in [6.07, 6.45) is -2.95. The van der Waals surface area contributed by atoms with Crippen LogP contribution in [0.25, 0.3) is 16.4 Å². The zero-order chi connectivity index (χ0) is 14.2. The van der Waals surface area contributed by atoms with Gasteiger partial charge in [-0.2, -0.15) is 18.3 Å². The minimum Gasteiger partial charge on any atom is -0.227 e. The van der Waals surface area contributed by atoms with E-state index in [1.54, 1.807) is 35.7 Å². The molecule has 0 unspecified atom stereocenters. The Bertz CT molecular complexity index is 702. The molecular weight excluding hydrogens is 287 g/mol. The van der Waals surface area contributed by atoms with Gasteiger partial charge in [0, 0.05) is 17.1 Å². The molecule has 20 heavy (non-hydrogen) atoms. The predicted molar refractivity (Wildman–Crippen MR) is 69.7 cm³/mol. The smallest absolute Gasteiger partial charge is 0.227 e. The highest BCUT2D eigenvalue weighted by Crippen LogP contribution is 2.33. The molecule has 102 valence electrons. The summed E-state index contributed by atoms with van der Waals surface area (Å²) in [5.74, 6) is 0. The zero-order valence-electron chi connectivity index (χ0n) is 10.0. The van der Waals surface area contributed by atoms with E-state index >= 15 is 0 Å². The summed E-state index contributed by atoms with van der Waals surface area (Å²) in [6.45, 7) is 0. The monoisotopic (exact) mass is 295 g/mol. The Morgan fingerprint density at radius 2 is 1.85 bits per heavy atom. The van der Waals surface area contributed by atoms with Crippen LogP contribution in [0, 0.1) is 0 Å². The van der Waals surface area contributed by atoms with E-state index in [0.29, 0.717) is 16.4 Å². The summed E-state index contributed by atoms with van der Waals surface area (Å²) in [5, 5.41) is 5.74. The number of rotatable bonds is 2. The van der Waals surface area contributed by atoms with Gasteiger partial charge in [-0.1, -0.05) is 30.3 Å². The summed E-state index contributed by atoms with van der Waals surface area (Å²) in [5.41, 5.74) is 0.102. The van der Waals surface area contributed by atoms with E-state index in [0.717, 1.165) is 6.07 Å². The molecule has 0 aliphatic rings. The molecule has 0 saturated heterocycles. The molecule has 3 nitrogen and oxygen atoms in total. The van der Waals surface area contributed by atoms with Crippen molar-refractivity contribution in [2.75, 3.05) is 0 Å². The van der Waals surface area contributed by atoms with Crippen molar-refractivity contribution < 1.29 is 13.2 Å². The van der Waals surface area contributed by atoms with Crippen LogP contribution >= 0.6 is 11.3 Å². The SMILES string of the molecule is FC(F)(F)c1cc(-c2ccccc2)n(-c2nccs2)n1. The van der Waals surface area contributed by atoms with Gasteiger partial charge in [-0.3, -0.25) is 0 Å². The average molecular weight is 295 g/mol. The third kappa shape index (κ3) is 2.32. The van der Waals surface area contributed by atoms with Crippen molar-refractivity contribution in [3.8, 4) is 16.4 Å². The lowest BCUT2D eigenvalue weighted by molar-refractivity contribution is -0.141. The molecule has 0 bridgehead atoms. The zero-order valence-corrected chi connectivity index (χ0v) is 10.8. The summed E-state index contributed by atoms with van der Waals surface area (Å²) in [7, 11) is 0. The normalized spacial score (nSPS) is 11.8. The number of thiazole rings is 1. The maximum Gasteiger partial charge on any atom is 0.435 e. The van der Waals surface area contributed by atoms with Gasteiger partial charge in [0.1, 0.15) is 0 Å². The van der Waals surface area contributed by atoms with Crippen molar-refractivity contribution >= 4 is 11.3 Å². The molecule has 0 aliphatic heterocycles. The van der Waals surface area contributed by atoms with Gasteiger partial charge in [0.05, 0.1) is 5.69 Å². The molecule has 0 amide bonds. The van der Waals surface area contributed by atoms with Crippen LogP contribution < -0.4 is 0 Å². The Balaban J connectivity index is 2.20. The first kappa shape index (κ1) is 12.9. The molecule has 0 radical (unpaired) electrons. The Morgan fingerprint density at radius 3 is 2.45 bits per heavy atom. The molecule has 0 N–H and O–H groups in total. The minimum atomic E-state index is -4.48. The molecule has 3 aromatic rings. The van der Waals surface area contributed by atoms with Crippen molar-refractivity contribution in [3.05, 3.63) is 53.7 Å². The van der Waals surface area contributed by atoms with Crippen LogP contribution in [0.15, 0.2) is 48.0 Å². The number of hydrogen-bond donors (Lipinski definition) is 0. The van der Waals surface area contributed by atoms with Crippen LogP contribution in [0.2, 0.25) is 0 Å². The van der Waals surface area contributed by atoms with Gasteiger partial charge in [-0.05, 0) is 6.07 Å². The van der Waals surface area contributed by atoms with Crippen molar-refractivity contribution in [1.29, 1.82) is 0 Å². The maximum absolute atomic E-state index is 12.8. The van der Waals surface area contributed by atoms with Gasteiger partial charge in [-0.15, -0.1) is 11.3 Å². The van der Waals surface area contributed by atoms with Crippen LogP contribution in [0.1, 0.15) is 5.69 Å². The van der Waals surface area contributed by atoms with E-state index < -0.39 is 11.9 Å². The molecule has 0 fully saturated rings. The highest BCUT2D eigenvalue weighted by Gasteiger charge is 2.35. The Kier molecular flexibility index (Phi) is 3.06. The van der Waals surface area contributed by atoms with Crippen molar-refractivity contribution in [2.24, 2.45) is 0 Å². The molecule has 1 aromatic carbocycles. The standard InChI is InChI=1S/C13H8F3N3S/c14-13(15,16)11-8-10(9-4-2-1-3-5-9)19(18-11)12-17-6-7-20-12/h1-8H. The summed E-state index contributed by atoms with van der Waals surface area (Å²) >= 11 is 1.23. The maximum atomic E-state index is 12.8. The fourth-order valence-corrected chi connectivity index (χ4v) is 2.40. The molecule has 0 atom stereocenters. The number of aromatic nitrogens is 3. The second-order valence-electron chi connectivity index (χ2n) is 4.01. The third-order valence-corrected chi connectivity index (χ3v) is 3.42. The number of benzene rings is 1. The topological polar surface area (TPSA) is 30.7 Å². The van der Waals surface area contributed by atoms with E-state index in [9.17, 15) is 13.2 Å². The van der Waals surface area contributed by atoms with Gasteiger partial charge < -0.3 is 0 Å². The largest absolute Gasteiger partial charge is 0.435 e. The van der Waals surface area contributed by atoms with Crippen LogP contribution in [0.5, 0.6) is 0 Å². The second kappa shape index (κ2) is 4.75. The van der Waals surface area contributed by atoms with E-state index in [1.165, 1.54) is 22.2 Å². The molecule has 2 aromatic heterocycles. The van der Waals surface area contributed by atoms with Crippen LogP contribution in [0.4, 0.5) is 13.2 Å². The van der Waals surface area contributed by atoms with E-state index in [-0.39, 0.29) is 0 Å². The molecule has 3 rings (SSSR count).